The molecule has 0 aliphatic carbocycles. The van der Waals surface area contributed by atoms with Gasteiger partial charge in [-0.2, -0.15) is 0 Å². The maximum Gasteiger partial charge on any atom is 0.215 e. The van der Waals surface area contributed by atoms with E-state index in [-0.39, 0.29) is 5.54 Å². The summed E-state index contributed by atoms with van der Waals surface area (Å²) >= 11 is 0. The Labute approximate surface area is 108 Å². The summed E-state index contributed by atoms with van der Waals surface area (Å²) in [6.07, 6.45) is 3.34. The fraction of sp³-hybridized carbons (Fsp3) is 0.533. The molecule has 0 saturated carbocycles. The van der Waals surface area contributed by atoms with Gasteiger partial charge in [0.05, 0.1) is 5.54 Å². The van der Waals surface area contributed by atoms with Gasteiger partial charge in [-0.3, -0.25) is 0 Å². The molecule has 1 aliphatic rings. The van der Waals surface area contributed by atoms with Gasteiger partial charge in [-0.15, -0.1) is 0 Å². The molecule has 1 atom stereocenters. The molecule has 0 radical (unpaired) electrons. The summed E-state index contributed by atoms with van der Waals surface area (Å²) in [5.74, 6) is 0.867. The van der Waals surface area contributed by atoms with Crippen molar-refractivity contribution in [1.29, 1.82) is 0 Å². The van der Waals surface area contributed by atoms with E-state index in [4.69, 9.17) is 9.40 Å². The number of aryl methyl sites for hydroxylation is 2. The van der Waals surface area contributed by atoms with Crippen LogP contribution in [-0.4, -0.2) is 11.5 Å². The van der Waals surface area contributed by atoms with E-state index in [1.54, 1.807) is 0 Å². The van der Waals surface area contributed by atoms with Crippen LogP contribution in [-0.2, 0) is 5.54 Å². The molecule has 0 spiro atoms. The highest BCUT2D eigenvalue weighted by atomic mass is 16.4. The van der Waals surface area contributed by atoms with E-state index in [1.807, 2.05) is 0 Å². The standard InChI is InChI=1S/C15H20N2O/c1-4-15(6-5-7-16-15)14-17-12-9-10(2)8-11(3)13(12)18-14/h8-9,16H,4-7H2,1-3H3. The monoisotopic (exact) mass is 244 g/mol. The molecule has 3 heteroatoms. The first kappa shape index (κ1) is 11.7. The Bertz CT molecular complexity index is 579. The number of oxazole rings is 1. The van der Waals surface area contributed by atoms with Crippen molar-refractivity contribution in [3.63, 3.8) is 0 Å². The van der Waals surface area contributed by atoms with E-state index < -0.39 is 0 Å². The molecule has 1 saturated heterocycles. The van der Waals surface area contributed by atoms with Crippen molar-refractivity contribution < 1.29 is 4.42 Å². The molecule has 1 aliphatic heterocycles. The molecule has 18 heavy (non-hydrogen) atoms. The Kier molecular flexibility index (Phi) is 2.67. The quantitative estimate of drug-likeness (QED) is 0.879. The number of nitrogens with zero attached hydrogens (tertiary/aromatic N) is 1. The predicted octanol–water partition coefficient (Wildman–Crippen LogP) is 3.43. The molecular formula is C15H20N2O. The second-order valence-corrected chi connectivity index (χ2v) is 5.42. The molecule has 0 amide bonds. The zero-order valence-electron chi connectivity index (χ0n) is 11.3. The van der Waals surface area contributed by atoms with E-state index in [0.717, 1.165) is 36.4 Å². The molecule has 2 aromatic rings. The van der Waals surface area contributed by atoms with Gasteiger partial charge in [-0.25, -0.2) is 4.98 Å². The highest BCUT2D eigenvalue weighted by Gasteiger charge is 2.38. The van der Waals surface area contributed by atoms with E-state index in [9.17, 15) is 0 Å². The van der Waals surface area contributed by atoms with E-state index in [0.29, 0.717) is 0 Å². The maximum atomic E-state index is 6.06. The Morgan fingerprint density at radius 1 is 1.39 bits per heavy atom. The van der Waals surface area contributed by atoms with Crippen molar-refractivity contribution in [3.05, 3.63) is 29.2 Å². The SMILES string of the molecule is CCC1(c2nc3cc(C)cc(C)c3o2)CCCN1. The van der Waals surface area contributed by atoms with Crippen molar-refractivity contribution in [2.24, 2.45) is 0 Å². The van der Waals surface area contributed by atoms with Gasteiger partial charge in [0.2, 0.25) is 5.89 Å². The van der Waals surface area contributed by atoms with Crippen LogP contribution in [0.4, 0.5) is 0 Å². The van der Waals surface area contributed by atoms with Crippen LogP contribution in [0.1, 0.15) is 43.2 Å². The minimum absolute atomic E-state index is 0.0423. The van der Waals surface area contributed by atoms with Gasteiger partial charge in [0.15, 0.2) is 5.58 Å². The molecular weight excluding hydrogens is 224 g/mol. The van der Waals surface area contributed by atoms with Crippen molar-refractivity contribution in [1.82, 2.24) is 10.3 Å². The number of benzene rings is 1. The van der Waals surface area contributed by atoms with Gasteiger partial charge in [0.1, 0.15) is 5.52 Å². The van der Waals surface area contributed by atoms with E-state index >= 15 is 0 Å². The predicted molar refractivity (Wildman–Crippen MR) is 72.7 cm³/mol. The number of fused-ring (bicyclic) bond motifs is 1. The highest BCUT2D eigenvalue weighted by Crippen LogP contribution is 2.35. The van der Waals surface area contributed by atoms with Gasteiger partial charge in [-0.05, 0) is 56.8 Å². The average Bonchev–Trinajstić information content (AvgIpc) is 2.94. The van der Waals surface area contributed by atoms with Crippen LogP contribution in [0, 0.1) is 13.8 Å². The summed E-state index contributed by atoms with van der Waals surface area (Å²) < 4.78 is 6.06. The molecule has 3 nitrogen and oxygen atoms in total. The average molecular weight is 244 g/mol. The lowest BCUT2D eigenvalue weighted by Crippen LogP contribution is -2.36. The minimum atomic E-state index is -0.0423. The van der Waals surface area contributed by atoms with Crippen LogP contribution in [0.5, 0.6) is 0 Å². The Morgan fingerprint density at radius 2 is 2.22 bits per heavy atom. The molecule has 96 valence electrons. The lowest BCUT2D eigenvalue weighted by molar-refractivity contribution is 0.292. The largest absolute Gasteiger partial charge is 0.438 e. The summed E-state index contributed by atoms with van der Waals surface area (Å²) in [7, 11) is 0. The first-order valence-electron chi connectivity index (χ1n) is 6.78. The van der Waals surface area contributed by atoms with Crippen molar-refractivity contribution in [2.75, 3.05) is 6.54 Å². The zero-order chi connectivity index (χ0) is 12.8. The van der Waals surface area contributed by atoms with Crippen LogP contribution >= 0.6 is 0 Å². The summed E-state index contributed by atoms with van der Waals surface area (Å²) in [6, 6.07) is 4.26. The van der Waals surface area contributed by atoms with Gasteiger partial charge in [0.25, 0.3) is 0 Å². The number of aromatic nitrogens is 1. The molecule has 1 fully saturated rings. The normalized spacial score (nSPS) is 23.9. The van der Waals surface area contributed by atoms with Gasteiger partial charge in [0, 0.05) is 0 Å². The lowest BCUT2D eigenvalue weighted by atomic mass is 9.94. The van der Waals surface area contributed by atoms with Crippen molar-refractivity contribution in [2.45, 2.75) is 45.6 Å². The minimum Gasteiger partial charge on any atom is -0.438 e. The van der Waals surface area contributed by atoms with Gasteiger partial charge >= 0.3 is 0 Å². The van der Waals surface area contributed by atoms with Crippen LogP contribution < -0.4 is 5.32 Å². The first-order chi connectivity index (χ1) is 8.64. The smallest absolute Gasteiger partial charge is 0.215 e. The van der Waals surface area contributed by atoms with Crippen LogP contribution in [0.3, 0.4) is 0 Å². The molecule has 1 unspecified atom stereocenters. The van der Waals surface area contributed by atoms with E-state index in [1.165, 1.54) is 17.5 Å². The second kappa shape index (κ2) is 4.09. The topological polar surface area (TPSA) is 38.1 Å². The number of hydrogen-bond donors (Lipinski definition) is 1. The Balaban J connectivity index is 2.16. The summed E-state index contributed by atoms with van der Waals surface area (Å²) in [4.78, 5) is 4.73. The highest BCUT2D eigenvalue weighted by molar-refractivity contribution is 5.77. The third-order valence-corrected chi connectivity index (χ3v) is 4.08. The molecule has 1 N–H and O–H groups in total. The number of rotatable bonds is 2. The summed E-state index contributed by atoms with van der Waals surface area (Å²) in [5, 5.41) is 3.57. The lowest BCUT2D eigenvalue weighted by Gasteiger charge is -2.23. The van der Waals surface area contributed by atoms with Gasteiger partial charge in [-0.1, -0.05) is 13.0 Å². The Hall–Kier alpha value is -1.35. The summed E-state index contributed by atoms with van der Waals surface area (Å²) in [5.41, 5.74) is 4.30. The van der Waals surface area contributed by atoms with Crippen LogP contribution in [0.2, 0.25) is 0 Å². The van der Waals surface area contributed by atoms with Gasteiger partial charge < -0.3 is 9.73 Å². The fourth-order valence-corrected chi connectivity index (χ4v) is 3.02. The molecule has 3 rings (SSSR count). The zero-order valence-corrected chi connectivity index (χ0v) is 11.3. The Morgan fingerprint density at radius 3 is 2.89 bits per heavy atom. The molecule has 1 aromatic heterocycles. The maximum absolute atomic E-state index is 6.06. The van der Waals surface area contributed by atoms with E-state index in [2.05, 4.69) is 38.2 Å². The van der Waals surface area contributed by atoms with Crippen LogP contribution in [0.25, 0.3) is 11.1 Å². The molecule has 1 aromatic carbocycles. The van der Waals surface area contributed by atoms with Crippen LogP contribution in [0.15, 0.2) is 16.5 Å². The molecule has 0 bridgehead atoms. The van der Waals surface area contributed by atoms with Crippen molar-refractivity contribution in [3.8, 4) is 0 Å². The fourth-order valence-electron chi connectivity index (χ4n) is 3.02. The third kappa shape index (κ3) is 1.65. The van der Waals surface area contributed by atoms with Crippen molar-refractivity contribution >= 4 is 11.1 Å². The first-order valence-corrected chi connectivity index (χ1v) is 6.78. The third-order valence-electron chi connectivity index (χ3n) is 4.08. The number of hydrogen-bond acceptors (Lipinski definition) is 3. The molecule has 2 heterocycles. The number of nitrogens with one attached hydrogen (secondary N) is 1. The summed E-state index contributed by atoms with van der Waals surface area (Å²) in [6.45, 7) is 7.45. The second-order valence-electron chi connectivity index (χ2n) is 5.42.